The van der Waals surface area contributed by atoms with Crippen molar-refractivity contribution >= 4 is 5.91 Å². The Hall–Kier alpha value is -3.03. The molecule has 1 amide bonds. The van der Waals surface area contributed by atoms with Crippen LogP contribution < -0.4 is 5.32 Å². The van der Waals surface area contributed by atoms with Crippen molar-refractivity contribution in [2.24, 2.45) is 0 Å². The lowest BCUT2D eigenvalue weighted by molar-refractivity contribution is -0.121. The van der Waals surface area contributed by atoms with Crippen LogP contribution in [0.25, 0.3) is 11.5 Å². The molecular weight excluding hydrogens is 392 g/mol. The second kappa shape index (κ2) is 10.3. The van der Waals surface area contributed by atoms with Gasteiger partial charge in [-0.1, -0.05) is 42.0 Å². The van der Waals surface area contributed by atoms with E-state index in [1.807, 2.05) is 43.3 Å². The van der Waals surface area contributed by atoms with Gasteiger partial charge >= 0.3 is 0 Å². The molecule has 7 heteroatoms. The number of rotatable bonds is 8. The molecule has 0 saturated carbocycles. The van der Waals surface area contributed by atoms with Gasteiger partial charge in [-0.05, 0) is 30.2 Å². The summed E-state index contributed by atoms with van der Waals surface area (Å²) in [6.45, 7) is 6.85. The number of hydrogen-bond donors (Lipinski definition) is 1. The fourth-order valence-electron chi connectivity index (χ4n) is 3.55. The van der Waals surface area contributed by atoms with Gasteiger partial charge in [0.1, 0.15) is 0 Å². The van der Waals surface area contributed by atoms with E-state index in [4.69, 9.17) is 9.15 Å². The normalized spacial score (nSPS) is 14.5. The topological polar surface area (TPSA) is 80.5 Å². The Kier molecular flexibility index (Phi) is 7.07. The highest BCUT2D eigenvalue weighted by Gasteiger charge is 2.14. The molecule has 1 aromatic heterocycles. The van der Waals surface area contributed by atoms with Crippen LogP contribution in [-0.2, 0) is 29.0 Å². The molecule has 2 heterocycles. The van der Waals surface area contributed by atoms with Crippen LogP contribution in [-0.4, -0.2) is 47.3 Å². The quantitative estimate of drug-likeness (QED) is 0.603. The standard InChI is InChI=1S/C24H28N4O3/c1-18-6-8-19(9-7-18)24-27-26-23(31-24)11-10-22(29)25-16-20-4-2-3-5-21(20)17-28-12-14-30-15-13-28/h2-9H,10-17H2,1H3,(H,25,29). The van der Waals surface area contributed by atoms with E-state index in [0.29, 0.717) is 31.2 Å². The third-order valence-corrected chi connectivity index (χ3v) is 5.42. The molecule has 1 saturated heterocycles. The van der Waals surface area contributed by atoms with E-state index in [9.17, 15) is 4.79 Å². The van der Waals surface area contributed by atoms with Crippen LogP contribution in [0.1, 0.15) is 29.0 Å². The Morgan fingerprint density at radius 3 is 2.55 bits per heavy atom. The van der Waals surface area contributed by atoms with E-state index in [1.165, 1.54) is 11.1 Å². The minimum Gasteiger partial charge on any atom is -0.421 e. The van der Waals surface area contributed by atoms with Gasteiger partial charge in [0.25, 0.3) is 0 Å². The van der Waals surface area contributed by atoms with Crippen LogP contribution >= 0.6 is 0 Å². The van der Waals surface area contributed by atoms with Crippen LogP contribution in [0.5, 0.6) is 0 Å². The van der Waals surface area contributed by atoms with Crippen molar-refractivity contribution in [3.63, 3.8) is 0 Å². The van der Waals surface area contributed by atoms with Crippen LogP contribution in [0.2, 0.25) is 0 Å². The summed E-state index contributed by atoms with van der Waals surface area (Å²) in [4.78, 5) is 14.8. The van der Waals surface area contributed by atoms with Crippen LogP contribution in [0.15, 0.2) is 52.9 Å². The first-order chi connectivity index (χ1) is 15.2. The van der Waals surface area contributed by atoms with Gasteiger partial charge in [0.05, 0.1) is 13.2 Å². The van der Waals surface area contributed by atoms with E-state index < -0.39 is 0 Å². The van der Waals surface area contributed by atoms with Crippen LogP contribution in [0.3, 0.4) is 0 Å². The fourth-order valence-corrected chi connectivity index (χ4v) is 3.55. The summed E-state index contributed by atoms with van der Waals surface area (Å²) in [5.41, 5.74) is 4.43. The molecule has 1 fully saturated rings. The van der Waals surface area contributed by atoms with Gasteiger partial charge in [0.15, 0.2) is 0 Å². The Bertz CT molecular complexity index is 994. The van der Waals surface area contributed by atoms with Gasteiger partial charge in [-0.2, -0.15) is 0 Å². The maximum absolute atomic E-state index is 12.4. The summed E-state index contributed by atoms with van der Waals surface area (Å²) in [5.74, 6) is 0.919. The third kappa shape index (κ3) is 5.99. The average molecular weight is 421 g/mol. The highest BCUT2D eigenvalue weighted by atomic mass is 16.5. The second-order valence-electron chi connectivity index (χ2n) is 7.80. The predicted octanol–water partition coefficient (Wildman–Crippen LogP) is 3.13. The summed E-state index contributed by atoms with van der Waals surface area (Å²) in [6.07, 6.45) is 0.723. The Morgan fingerprint density at radius 1 is 1.03 bits per heavy atom. The number of carbonyl (C=O) groups excluding carboxylic acids is 1. The molecule has 0 spiro atoms. The molecule has 7 nitrogen and oxygen atoms in total. The number of benzene rings is 2. The lowest BCUT2D eigenvalue weighted by Crippen LogP contribution is -2.36. The van der Waals surface area contributed by atoms with Gasteiger partial charge in [-0.15, -0.1) is 10.2 Å². The van der Waals surface area contributed by atoms with E-state index in [-0.39, 0.29) is 5.91 Å². The first kappa shape index (κ1) is 21.2. The van der Waals surface area contributed by atoms with Crippen molar-refractivity contribution < 1.29 is 13.9 Å². The second-order valence-corrected chi connectivity index (χ2v) is 7.80. The van der Waals surface area contributed by atoms with E-state index in [2.05, 4.69) is 32.5 Å². The van der Waals surface area contributed by atoms with E-state index in [0.717, 1.165) is 44.0 Å². The molecule has 0 atom stereocenters. The highest BCUT2D eigenvalue weighted by Crippen LogP contribution is 2.19. The van der Waals surface area contributed by atoms with Gasteiger partial charge < -0.3 is 14.5 Å². The average Bonchev–Trinajstić information content (AvgIpc) is 3.27. The number of aromatic nitrogens is 2. The molecule has 1 N–H and O–H groups in total. The Morgan fingerprint density at radius 2 is 1.77 bits per heavy atom. The molecule has 0 unspecified atom stereocenters. The third-order valence-electron chi connectivity index (χ3n) is 5.42. The molecule has 0 radical (unpaired) electrons. The number of hydrogen-bond acceptors (Lipinski definition) is 6. The number of nitrogens with one attached hydrogen (secondary N) is 1. The van der Waals surface area contributed by atoms with E-state index >= 15 is 0 Å². The zero-order valence-electron chi connectivity index (χ0n) is 17.8. The highest BCUT2D eigenvalue weighted by molar-refractivity contribution is 5.76. The molecule has 1 aliphatic heterocycles. The molecule has 1 aliphatic rings. The molecule has 0 aliphatic carbocycles. The number of morpholine rings is 1. The predicted molar refractivity (Wildman–Crippen MR) is 117 cm³/mol. The van der Waals surface area contributed by atoms with Crippen molar-refractivity contribution in [1.29, 1.82) is 0 Å². The minimum atomic E-state index is -0.0312. The molecular formula is C24H28N4O3. The molecule has 0 bridgehead atoms. The summed E-state index contributed by atoms with van der Waals surface area (Å²) < 4.78 is 11.1. The number of ether oxygens (including phenoxy) is 1. The Labute approximate surface area is 182 Å². The van der Waals surface area contributed by atoms with E-state index in [1.54, 1.807) is 0 Å². The van der Waals surface area contributed by atoms with Crippen LogP contribution in [0, 0.1) is 6.92 Å². The van der Waals surface area contributed by atoms with Crippen molar-refractivity contribution in [1.82, 2.24) is 20.4 Å². The monoisotopic (exact) mass is 420 g/mol. The lowest BCUT2D eigenvalue weighted by Gasteiger charge is -2.27. The molecule has 2 aromatic carbocycles. The van der Waals surface area contributed by atoms with Crippen molar-refractivity contribution in [2.45, 2.75) is 32.9 Å². The first-order valence-corrected chi connectivity index (χ1v) is 10.7. The molecule has 162 valence electrons. The summed E-state index contributed by atoms with van der Waals surface area (Å²) in [6, 6.07) is 16.2. The Balaban J connectivity index is 1.27. The van der Waals surface area contributed by atoms with Crippen molar-refractivity contribution in [3.05, 3.63) is 71.1 Å². The maximum Gasteiger partial charge on any atom is 0.247 e. The zero-order chi connectivity index (χ0) is 21.5. The van der Waals surface area contributed by atoms with Gasteiger partial charge in [0, 0.05) is 44.6 Å². The molecule has 4 rings (SSSR count). The summed E-state index contributed by atoms with van der Waals surface area (Å²) >= 11 is 0. The summed E-state index contributed by atoms with van der Waals surface area (Å²) in [5, 5.41) is 11.2. The number of aryl methyl sites for hydroxylation is 2. The number of amides is 1. The van der Waals surface area contributed by atoms with Crippen molar-refractivity contribution in [2.75, 3.05) is 26.3 Å². The first-order valence-electron chi connectivity index (χ1n) is 10.7. The molecule has 31 heavy (non-hydrogen) atoms. The van der Waals surface area contributed by atoms with Gasteiger partial charge in [0.2, 0.25) is 17.7 Å². The number of carbonyl (C=O) groups is 1. The lowest BCUT2D eigenvalue weighted by atomic mass is 10.1. The largest absolute Gasteiger partial charge is 0.421 e. The van der Waals surface area contributed by atoms with Crippen LogP contribution in [0.4, 0.5) is 0 Å². The minimum absolute atomic E-state index is 0.0312. The van der Waals surface area contributed by atoms with Gasteiger partial charge in [-0.3, -0.25) is 9.69 Å². The van der Waals surface area contributed by atoms with Crippen molar-refractivity contribution in [3.8, 4) is 11.5 Å². The SMILES string of the molecule is Cc1ccc(-c2nnc(CCC(=O)NCc3ccccc3CN3CCOCC3)o2)cc1. The maximum atomic E-state index is 12.4. The smallest absolute Gasteiger partial charge is 0.247 e. The zero-order valence-corrected chi connectivity index (χ0v) is 17.8. The van der Waals surface area contributed by atoms with Gasteiger partial charge in [-0.25, -0.2) is 0 Å². The fraction of sp³-hybridized carbons (Fsp3) is 0.375. The number of nitrogens with zero attached hydrogens (tertiary/aromatic N) is 3. The molecule has 3 aromatic rings. The summed E-state index contributed by atoms with van der Waals surface area (Å²) in [7, 11) is 0.